The Kier molecular flexibility index (Phi) is 6.53. The molecule has 1 nitrogen and oxygen atoms in total. The maximum absolute atomic E-state index is 6.19. The normalized spacial score (nSPS) is 13.1. The molecule has 0 aliphatic carbocycles. The second-order valence-electron chi connectivity index (χ2n) is 4.48. The van der Waals surface area contributed by atoms with Gasteiger partial charge in [0.05, 0.1) is 0 Å². The molecule has 96 valence electrons. The first-order valence-electron chi connectivity index (χ1n) is 6.25. The molecule has 0 radical (unpaired) electrons. The van der Waals surface area contributed by atoms with Crippen LogP contribution in [-0.2, 0) is 6.54 Å². The molecule has 17 heavy (non-hydrogen) atoms. The van der Waals surface area contributed by atoms with Crippen molar-refractivity contribution in [1.82, 2.24) is 5.32 Å². The van der Waals surface area contributed by atoms with Crippen LogP contribution in [0.4, 0.5) is 0 Å². The molecule has 0 saturated carbocycles. The molecule has 0 spiro atoms. The molecule has 0 heterocycles. The smallest absolute Gasteiger partial charge is 0.0462 e. The van der Waals surface area contributed by atoms with E-state index >= 15 is 0 Å². The molecular weight excluding hydrogens is 298 g/mol. The van der Waals surface area contributed by atoms with Crippen LogP contribution in [0.5, 0.6) is 0 Å². The minimum Gasteiger partial charge on any atom is -0.310 e. The third-order valence-electron chi connectivity index (χ3n) is 3.39. The van der Waals surface area contributed by atoms with E-state index in [1.165, 1.54) is 12.8 Å². The molecule has 1 rings (SSSR count). The topological polar surface area (TPSA) is 12.0 Å². The van der Waals surface area contributed by atoms with E-state index in [0.29, 0.717) is 6.04 Å². The Morgan fingerprint density at radius 3 is 2.47 bits per heavy atom. The fourth-order valence-corrected chi connectivity index (χ4v) is 2.84. The summed E-state index contributed by atoms with van der Waals surface area (Å²) in [5.41, 5.74) is 1.16. The molecule has 1 N–H and O–H groups in total. The number of halogens is 2. The molecule has 1 aromatic carbocycles. The van der Waals surface area contributed by atoms with E-state index < -0.39 is 0 Å². The first-order chi connectivity index (χ1) is 8.08. The van der Waals surface area contributed by atoms with Crippen LogP contribution < -0.4 is 5.32 Å². The second-order valence-corrected chi connectivity index (χ2v) is 5.80. The third kappa shape index (κ3) is 4.61. The molecule has 1 atom stereocenters. The van der Waals surface area contributed by atoms with Gasteiger partial charge in [-0.15, -0.1) is 0 Å². The van der Waals surface area contributed by atoms with Gasteiger partial charge in [-0.1, -0.05) is 60.3 Å². The maximum Gasteiger partial charge on any atom is 0.0462 e. The highest BCUT2D eigenvalue weighted by Crippen LogP contribution is 2.22. The maximum atomic E-state index is 6.19. The van der Waals surface area contributed by atoms with E-state index in [9.17, 15) is 0 Å². The van der Waals surface area contributed by atoms with Crippen molar-refractivity contribution in [3.63, 3.8) is 0 Å². The highest BCUT2D eigenvalue weighted by molar-refractivity contribution is 9.10. The van der Waals surface area contributed by atoms with Gasteiger partial charge in [-0.2, -0.15) is 0 Å². The van der Waals surface area contributed by atoms with Crippen molar-refractivity contribution in [3.8, 4) is 0 Å². The summed E-state index contributed by atoms with van der Waals surface area (Å²) in [6.45, 7) is 7.59. The first kappa shape index (κ1) is 15.0. The summed E-state index contributed by atoms with van der Waals surface area (Å²) >= 11 is 9.61. The van der Waals surface area contributed by atoms with Gasteiger partial charge in [0, 0.05) is 22.1 Å². The molecule has 0 aliphatic heterocycles. The first-order valence-corrected chi connectivity index (χ1v) is 7.42. The van der Waals surface area contributed by atoms with E-state index in [0.717, 1.165) is 27.5 Å². The summed E-state index contributed by atoms with van der Waals surface area (Å²) < 4.78 is 1.03. The standard InChI is InChI=1S/C14H21BrClN/c1-4-11(5-2)10(3)17-9-12-6-7-13(15)8-14(12)16/h6-8,10-11,17H,4-5,9H2,1-3H3. The Morgan fingerprint density at radius 2 is 1.94 bits per heavy atom. The molecule has 0 saturated heterocycles. The minimum absolute atomic E-state index is 0.532. The van der Waals surface area contributed by atoms with Gasteiger partial charge >= 0.3 is 0 Å². The lowest BCUT2D eigenvalue weighted by Crippen LogP contribution is -2.32. The average Bonchev–Trinajstić information content (AvgIpc) is 2.29. The predicted octanol–water partition coefficient (Wildman–Crippen LogP) is 5.02. The molecule has 0 aromatic heterocycles. The molecular formula is C14H21BrClN. The lowest BCUT2D eigenvalue weighted by molar-refractivity contribution is 0.353. The third-order valence-corrected chi connectivity index (χ3v) is 4.23. The van der Waals surface area contributed by atoms with Crippen LogP contribution in [-0.4, -0.2) is 6.04 Å². The molecule has 0 bridgehead atoms. The van der Waals surface area contributed by atoms with Gasteiger partial charge in [0.25, 0.3) is 0 Å². The van der Waals surface area contributed by atoms with Crippen molar-refractivity contribution in [2.75, 3.05) is 0 Å². The number of hydrogen-bond acceptors (Lipinski definition) is 1. The van der Waals surface area contributed by atoms with Crippen molar-refractivity contribution in [3.05, 3.63) is 33.3 Å². The Balaban J connectivity index is 2.55. The zero-order valence-electron chi connectivity index (χ0n) is 10.8. The summed E-state index contributed by atoms with van der Waals surface area (Å²) in [5.74, 6) is 0.740. The van der Waals surface area contributed by atoms with E-state index in [4.69, 9.17) is 11.6 Å². The van der Waals surface area contributed by atoms with E-state index in [1.54, 1.807) is 0 Å². The Labute approximate surface area is 118 Å². The number of nitrogens with one attached hydrogen (secondary N) is 1. The van der Waals surface area contributed by atoms with Crippen LogP contribution in [0.15, 0.2) is 22.7 Å². The summed E-state index contributed by atoms with van der Waals surface area (Å²) in [5, 5.41) is 4.38. The van der Waals surface area contributed by atoms with E-state index in [1.807, 2.05) is 12.1 Å². The fraction of sp³-hybridized carbons (Fsp3) is 0.571. The highest BCUT2D eigenvalue weighted by atomic mass is 79.9. The van der Waals surface area contributed by atoms with Gasteiger partial charge in [-0.3, -0.25) is 0 Å². The fourth-order valence-electron chi connectivity index (χ4n) is 2.10. The highest BCUT2D eigenvalue weighted by Gasteiger charge is 2.13. The lowest BCUT2D eigenvalue weighted by atomic mass is 9.95. The van der Waals surface area contributed by atoms with Crippen molar-refractivity contribution < 1.29 is 0 Å². The largest absolute Gasteiger partial charge is 0.310 e. The van der Waals surface area contributed by atoms with Crippen LogP contribution in [0.2, 0.25) is 5.02 Å². The van der Waals surface area contributed by atoms with Crippen LogP contribution >= 0.6 is 27.5 Å². The van der Waals surface area contributed by atoms with Gasteiger partial charge < -0.3 is 5.32 Å². The second kappa shape index (κ2) is 7.40. The molecule has 0 amide bonds. The van der Waals surface area contributed by atoms with Crippen molar-refractivity contribution in [2.45, 2.75) is 46.2 Å². The van der Waals surface area contributed by atoms with Crippen LogP contribution in [0.1, 0.15) is 39.2 Å². The molecule has 0 aliphatic rings. The zero-order valence-corrected chi connectivity index (χ0v) is 13.1. The van der Waals surface area contributed by atoms with Crippen LogP contribution in [0, 0.1) is 5.92 Å². The number of hydrogen-bond donors (Lipinski definition) is 1. The molecule has 3 heteroatoms. The monoisotopic (exact) mass is 317 g/mol. The van der Waals surface area contributed by atoms with E-state index in [-0.39, 0.29) is 0 Å². The molecule has 1 aromatic rings. The van der Waals surface area contributed by atoms with Crippen LogP contribution in [0.25, 0.3) is 0 Å². The summed E-state index contributed by atoms with van der Waals surface area (Å²) in [6.07, 6.45) is 2.44. The number of benzene rings is 1. The Hall–Kier alpha value is -0.0500. The van der Waals surface area contributed by atoms with Crippen molar-refractivity contribution in [1.29, 1.82) is 0 Å². The van der Waals surface area contributed by atoms with Crippen LogP contribution in [0.3, 0.4) is 0 Å². The van der Waals surface area contributed by atoms with E-state index in [2.05, 4.69) is 48.1 Å². The quantitative estimate of drug-likeness (QED) is 0.777. The Bertz CT molecular complexity index is 350. The Morgan fingerprint density at radius 1 is 1.29 bits per heavy atom. The van der Waals surface area contributed by atoms with Gasteiger partial charge in [-0.05, 0) is 30.5 Å². The SMILES string of the molecule is CCC(CC)C(C)NCc1ccc(Br)cc1Cl. The van der Waals surface area contributed by atoms with Crippen molar-refractivity contribution in [2.24, 2.45) is 5.92 Å². The van der Waals surface area contributed by atoms with Gasteiger partial charge in [0.1, 0.15) is 0 Å². The molecule has 1 unspecified atom stereocenters. The lowest BCUT2D eigenvalue weighted by Gasteiger charge is -2.22. The van der Waals surface area contributed by atoms with Gasteiger partial charge in [0.2, 0.25) is 0 Å². The van der Waals surface area contributed by atoms with Gasteiger partial charge in [-0.25, -0.2) is 0 Å². The number of rotatable bonds is 6. The summed E-state index contributed by atoms with van der Waals surface area (Å²) in [7, 11) is 0. The van der Waals surface area contributed by atoms with Crippen molar-refractivity contribution >= 4 is 27.5 Å². The molecule has 0 fully saturated rings. The predicted molar refractivity (Wildman–Crippen MR) is 79.5 cm³/mol. The zero-order chi connectivity index (χ0) is 12.8. The average molecular weight is 319 g/mol. The van der Waals surface area contributed by atoms with Gasteiger partial charge in [0.15, 0.2) is 0 Å². The minimum atomic E-state index is 0.532. The summed E-state index contributed by atoms with van der Waals surface area (Å²) in [4.78, 5) is 0. The summed E-state index contributed by atoms with van der Waals surface area (Å²) in [6, 6.07) is 6.58.